The van der Waals surface area contributed by atoms with Crippen molar-refractivity contribution in [1.82, 2.24) is 4.90 Å². The number of hydrogen-bond acceptors (Lipinski definition) is 3. The van der Waals surface area contributed by atoms with Gasteiger partial charge in [0.05, 0.1) is 19.8 Å². The van der Waals surface area contributed by atoms with Crippen molar-refractivity contribution in [3.8, 4) is 0 Å². The summed E-state index contributed by atoms with van der Waals surface area (Å²) in [7, 11) is 0. The topological polar surface area (TPSA) is 38.8 Å². The monoisotopic (exact) mass is 527 g/mol. The van der Waals surface area contributed by atoms with Gasteiger partial charge in [-0.1, -0.05) is 82.1 Å². The second-order valence-electron chi connectivity index (χ2n) is 8.31. The third-order valence-electron chi connectivity index (χ3n) is 6.14. The summed E-state index contributed by atoms with van der Waals surface area (Å²) in [6, 6.07) is 26.0. The van der Waals surface area contributed by atoms with Crippen molar-refractivity contribution in [1.29, 1.82) is 0 Å². The fraction of sp³-hybridized carbons (Fsp3) is 0.296. The maximum Gasteiger partial charge on any atom is 0.219 e. The van der Waals surface area contributed by atoms with E-state index in [9.17, 15) is 4.79 Å². The molecule has 1 aliphatic heterocycles. The number of rotatable bonds is 7. The highest BCUT2D eigenvalue weighted by molar-refractivity contribution is 9.10. The zero-order valence-electron chi connectivity index (χ0n) is 18.5. The third kappa shape index (κ3) is 5.85. The van der Waals surface area contributed by atoms with Crippen LogP contribution in [0.4, 0.5) is 0 Å². The second-order valence-corrected chi connectivity index (χ2v) is 9.66. The summed E-state index contributed by atoms with van der Waals surface area (Å²) < 4.78 is 14.3. The summed E-state index contributed by atoms with van der Waals surface area (Å²) >= 11 is 9.67. The number of carbonyl (C=O) groups is 1. The van der Waals surface area contributed by atoms with Gasteiger partial charge in [-0.15, -0.1) is 0 Å². The Balaban J connectivity index is 1.66. The predicted octanol–water partition coefficient (Wildman–Crippen LogP) is 6.35. The summed E-state index contributed by atoms with van der Waals surface area (Å²) in [5, 5.41) is 0.672. The molecule has 172 valence electrons. The summed E-state index contributed by atoms with van der Waals surface area (Å²) in [4.78, 5) is 14.1. The van der Waals surface area contributed by atoms with E-state index in [1.54, 1.807) is 6.92 Å². The first-order valence-corrected chi connectivity index (χ1v) is 12.2. The highest BCUT2D eigenvalue weighted by atomic mass is 79.9. The SMILES string of the molecule is CC(=O)N1CCC(OCc2ccccc2)(c2ccc(Cl)cc2)C(OCc2ccc(Br)cc2)C1. The normalized spacial score (nSPS) is 20.6. The molecule has 2 unspecified atom stereocenters. The van der Waals surface area contributed by atoms with E-state index in [0.29, 0.717) is 37.7 Å². The quantitative estimate of drug-likeness (QED) is 0.359. The molecule has 4 nitrogen and oxygen atoms in total. The average Bonchev–Trinajstić information content (AvgIpc) is 2.83. The fourth-order valence-electron chi connectivity index (χ4n) is 4.25. The molecule has 0 radical (unpaired) electrons. The van der Waals surface area contributed by atoms with Gasteiger partial charge < -0.3 is 14.4 Å². The molecule has 0 N–H and O–H groups in total. The number of halogens is 2. The zero-order chi connectivity index (χ0) is 23.3. The molecule has 3 aromatic rings. The lowest BCUT2D eigenvalue weighted by atomic mass is 9.81. The molecule has 33 heavy (non-hydrogen) atoms. The average molecular weight is 529 g/mol. The summed E-state index contributed by atoms with van der Waals surface area (Å²) in [5.74, 6) is 0.0417. The van der Waals surface area contributed by atoms with Crippen LogP contribution in [0.3, 0.4) is 0 Å². The van der Waals surface area contributed by atoms with E-state index in [0.717, 1.165) is 21.2 Å². The van der Waals surface area contributed by atoms with Gasteiger partial charge in [-0.05, 0) is 41.0 Å². The smallest absolute Gasteiger partial charge is 0.219 e. The van der Waals surface area contributed by atoms with Gasteiger partial charge in [0.25, 0.3) is 0 Å². The van der Waals surface area contributed by atoms with Gasteiger partial charge >= 0.3 is 0 Å². The van der Waals surface area contributed by atoms with Gasteiger partial charge in [0.2, 0.25) is 5.91 Å². The molecule has 1 aliphatic rings. The van der Waals surface area contributed by atoms with Crippen LogP contribution in [0.5, 0.6) is 0 Å². The molecule has 3 aromatic carbocycles. The van der Waals surface area contributed by atoms with Gasteiger partial charge in [-0.2, -0.15) is 0 Å². The van der Waals surface area contributed by atoms with Crippen molar-refractivity contribution in [2.45, 2.75) is 38.3 Å². The first kappa shape index (κ1) is 24.0. The molecular weight excluding hydrogens is 502 g/mol. The van der Waals surface area contributed by atoms with E-state index >= 15 is 0 Å². The van der Waals surface area contributed by atoms with E-state index in [4.69, 9.17) is 21.1 Å². The number of ether oxygens (including phenoxy) is 2. The maximum absolute atomic E-state index is 12.2. The standard InChI is InChI=1S/C27H27BrClNO3/c1-20(31)30-16-15-27(23-9-13-25(29)14-10-23,33-19-21-5-3-2-4-6-21)26(17-30)32-18-22-7-11-24(28)12-8-22/h2-14,26H,15-19H2,1H3. The first-order valence-electron chi connectivity index (χ1n) is 11.0. The lowest BCUT2D eigenvalue weighted by Crippen LogP contribution is -2.56. The van der Waals surface area contributed by atoms with Crippen molar-refractivity contribution in [2.75, 3.05) is 13.1 Å². The van der Waals surface area contributed by atoms with Gasteiger partial charge in [-0.25, -0.2) is 0 Å². The van der Waals surface area contributed by atoms with Crippen molar-refractivity contribution < 1.29 is 14.3 Å². The Morgan fingerprint density at radius 3 is 2.33 bits per heavy atom. The molecule has 6 heteroatoms. The zero-order valence-corrected chi connectivity index (χ0v) is 20.9. The van der Waals surface area contributed by atoms with Crippen LogP contribution in [-0.4, -0.2) is 30.0 Å². The minimum Gasteiger partial charge on any atom is -0.368 e. The van der Waals surface area contributed by atoms with E-state index in [1.807, 2.05) is 71.6 Å². The van der Waals surface area contributed by atoms with E-state index in [2.05, 4.69) is 28.1 Å². The van der Waals surface area contributed by atoms with Crippen LogP contribution in [0.25, 0.3) is 0 Å². The lowest BCUT2D eigenvalue weighted by Gasteiger charge is -2.47. The highest BCUT2D eigenvalue weighted by Gasteiger charge is 2.47. The Hall–Kier alpha value is -2.18. The molecule has 1 heterocycles. The molecule has 4 rings (SSSR count). The number of likely N-dealkylation sites (tertiary alicyclic amines) is 1. The minimum absolute atomic E-state index is 0.0417. The molecule has 2 atom stereocenters. The largest absolute Gasteiger partial charge is 0.368 e. The van der Waals surface area contributed by atoms with Crippen LogP contribution in [0.1, 0.15) is 30.0 Å². The van der Waals surface area contributed by atoms with Crippen LogP contribution in [0.2, 0.25) is 5.02 Å². The first-order chi connectivity index (χ1) is 16.0. The van der Waals surface area contributed by atoms with Gasteiger partial charge in [0.1, 0.15) is 11.7 Å². The molecule has 1 saturated heterocycles. The summed E-state index contributed by atoms with van der Waals surface area (Å²) in [5.41, 5.74) is 2.45. The van der Waals surface area contributed by atoms with Crippen molar-refractivity contribution in [3.63, 3.8) is 0 Å². The molecule has 1 amide bonds. The number of benzene rings is 3. The molecule has 0 bridgehead atoms. The van der Waals surface area contributed by atoms with Gasteiger partial charge in [0, 0.05) is 29.4 Å². The van der Waals surface area contributed by atoms with Crippen LogP contribution in [0.15, 0.2) is 83.3 Å². The molecule has 0 spiro atoms. The Morgan fingerprint density at radius 1 is 1.00 bits per heavy atom. The minimum atomic E-state index is -0.707. The fourth-order valence-corrected chi connectivity index (χ4v) is 4.64. The Kier molecular flexibility index (Phi) is 7.86. The van der Waals surface area contributed by atoms with Gasteiger partial charge in [-0.3, -0.25) is 4.79 Å². The highest BCUT2D eigenvalue weighted by Crippen LogP contribution is 2.40. The Bertz CT molecular complexity index is 1060. The van der Waals surface area contributed by atoms with Gasteiger partial charge in [0.15, 0.2) is 0 Å². The predicted molar refractivity (Wildman–Crippen MR) is 134 cm³/mol. The maximum atomic E-state index is 12.2. The summed E-state index contributed by atoms with van der Waals surface area (Å²) in [6.07, 6.45) is 0.287. The van der Waals surface area contributed by atoms with E-state index in [1.165, 1.54) is 0 Å². The second kappa shape index (κ2) is 10.8. The molecular formula is C27H27BrClNO3. The molecule has 1 fully saturated rings. The number of hydrogen-bond donors (Lipinski definition) is 0. The number of piperidine rings is 1. The van der Waals surface area contributed by atoms with Crippen LogP contribution in [-0.2, 0) is 33.1 Å². The number of amides is 1. The third-order valence-corrected chi connectivity index (χ3v) is 6.92. The number of nitrogens with zero attached hydrogens (tertiary/aromatic N) is 1. The van der Waals surface area contributed by atoms with Crippen LogP contribution in [0, 0.1) is 0 Å². The summed E-state index contributed by atoms with van der Waals surface area (Å²) in [6.45, 7) is 3.54. The van der Waals surface area contributed by atoms with E-state index in [-0.39, 0.29) is 12.0 Å². The van der Waals surface area contributed by atoms with Crippen molar-refractivity contribution in [3.05, 3.63) is 105 Å². The Labute approximate surface area is 208 Å². The lowest BCUT2D eigenvalue weighted by molar-refractivity contribution is -0.195. The van der Waals surface area contributed by atoms with E-state index < -0.39 is 5.60 Å². The molecule has 0 aliphatic carbocycles. The number of carbonyl (C=O) groups excluding carboxylic acids is 1. The van der Waals surface area contributed by atoms with Crippen molar-refractivity contribution >= 4 is 33.4 Å². The van der Waals surface area contributed by atoms with Crippen LogP contribution >= 0.6 is 27.5 Å². The van der Waals surface area contributed by atoms with Crippen molar-refractivity contribution in [2.24, 2.45) is 0 Å². The molecule has 0 saturated carbocycles. The Morgan fingerprint density at radius 2 is 1.67 bits per heavy atom. The molecule has 0 aromatic heterocycles. The van der Waals surface area contributed by atoms with Crippen LogP contribution < -0.4 is 0 Å².